The number of hydrogen-bond donors (Lipinski definition) is 1. The molecule has 0 unspecified atom stereocenters. The van der Waals surface area contributed by atoms with E-state index in [0.29, 0.717) is 17.1 Å². The molecule has 42 heavy (non-hydrogen) atoms. The highest BCUT2D eigenvalue weighted by Gasteiger charge is 2.36. The van der Waals surface area contributed by atoms with Crippen molar-refractivity contribution in [2.45, 2.75) is 32.2 Å². The van der Waals surface area contributed by atoms with Gasteiger partial charge in [-0.05, 0) is 37.3 Å². The first kappa shape index (κ1) is 31.2. The van der Waals surface area contributed by atoms with Crippen LogP contribution in [0.1, 0.15) is 34.6 Å². The molecule has 0 radical (unpaired) electrons. The number of fused-ring (bicyclic) bond motifs is 2. The number of benzene rings is 2. The van der Waals surface area contributed by atoms with Gasteiger partial charge >= 0.3 is 6.18 Å². The topological polar surface area (TPSA) is 124 Å². The molecule has 2 aromatic carbocycles. The normalized spacial score (nSPS) is 21.6. The van der Waals surface area contributed by atoms with E-state index in [9.17, 15) is 31.2 Å². The molecule has 11 nitrogen and oxygen atoms in total. The summed E-state index contributed by atoms with van der Waals surface area (Å²) >= 11 is 0. The molecule has 0 fully saturated rings. The standard InChI is InChI=1S/C27H32F3N3O8S/c1-16-11-33(25(34)18-5-8-21-23(9-18)41-15-40-21)17(2)13-39-22-10-19(31-42(36,37)14-27(28,29)30)6-7-20(22)26(35)32(3)12-24(16)38-4/h5-10,16-17,24,31H,11-15H2,1-4H3/t16-,17+,24-/m0/s1. The van der Waals surface area contributed by atoms with Gasteiger partial charge in [0.25, 0.3) is 11.8 Å². The molecule has 2 heterocycles. The molecule has 3 atom stereocenters. The van der Waals surface area contributed by atoms with Gasteiger partial charge in [0.15, 0.2) is 17.3 Å². The molecule has 2 aliphatic rings. The summed E-state index contributed by atoms with van der Waals surface area (Å²) in [4.78, 5) is 30.1. The minimum atomic E-state index is -4.95. The van der Waals surface area contributed by atoms with Crippen LogP contribution in [-0.2, 0) is 14.8 Å². The van der Waals surface area contributed by atoms with Crippen molar-refractivity contribution in [3.8, 4) is 17.2 Å². The van der Waals surface area contributed by atoms with E-state index < -0.39 is 40.0 Å². The van der Waals surface area contributed by atoms with Crippen LogP contribution in [-0.4, -0.2) is 94.8 Å². The Hall–Kier alpha value is -3.72. The van der Waals surface area contributed by atoms with Gasteiger partial charge in [-0.15, -0.1) is 0 Å². The molecule has 4 rings (SSSR count). The quantitative estimate of drug-likeness (QED) is 0.543. The largest absolute Gasteiger partial charge is 0.491 e. The second-order valence-electron chi connectivity index (χ2n) is 10.3. The fourth-order valence-electron chi connectivity index (χ4n) is 4.74. The summed E-state index contributed by atoms with van der Waals surface area (Å²) in [5.41, 5.74) is 0.193. The second kappa shape index (κ2) is 12.3. The smallest absolute Gasteiger partial charge is 0.404 e. The highest BCUT2D eigenvalue weighted by Crippen LogP contribution is 2.33. The van der Waals surface area contributed by atoms with Crippen molar-refractivity contribution >= 4 is 27.5 Å². The zero-order valence-electron chi connectivity index (χ0n) is 23.4. The van der Waals surface area contributed by atoms with Gasteiger partial charge in [0, 0.05) is 44.8 Å². The van der Waals surface area contributed by atoms with Crippen LogP contribution < -0.4 is 18.9 Å². The summed E-state index contributed by atoms with van der Waals surface area (Å²) in [7, 11) is -1.72. The van der Waals surface area contributed by atoms with Crippen LogP contribution in [0.3, 0.4) is 0 Å². The fraction of sp³-hybridized carbons (Fsp3) is 0.481. The van der Waals surface area contributed by atoms with E-state index in [-0.39, 0.29) is 55.3 Å². The number of halogens is 3. The Morgan fingerprint density at radius 1 is 1.05 bits per heavy atom. The van der Waals surface area contributed by atoms with Crippen LogP contribution >= 0.6 is 0 Å². The van der Waals surface area contributed by atoms with Crippen LogP contribution in [0.2, 0.25) is 0 Å². The van der Waals surface area contributed by atoms with Gasteiger partial charge in [-0.2, -0.15) is 13.2 Å². The molecule has 0 aromatic heterocycles. The molecule has 0 saturated heterocycles. The maximum Gasteiger partial charge on any atom is 0.404 e. The van der Waals surface area contributed by atoms with Crippen LogP contribution in [0.15, 0.2) is 36.4 Å². The monoisotopic (exact) mass is 615 g/mol. The number of ether oxygens (including phenoxy) is 4. The molecule has 0 spiro atoms. The van der Waals surface area contributed by atoms with Crippen molar-refractivity contribution < 1.29 is 50.1 Å². The predicted octanol–water partition coefficient (Wildman–Crippen LogP) is 3.37. The zero-order valence-corrected chi connectivity index (χ0v) is 24.3. The van der Waals surface area contributed by atoms with Crippen LogP contribution in [0.25, 0.3) is 0 Å². The lowest BCUT2D eigenvalue weighted by atomic mass is 10.0. The minimum absolute atomic E-state index is 0.0491. The number of nitrogens with one attached hydrogen (secondary N) is 1. The number of nitrogens with zero attached hydrogens (tertiary/aromatic N) is 2. The summed E-state index contributed by atoms with van der Waals surface area (Å²) in [6.45, 7) is 3.96. The van der Waals surface area contributed by atoms with Crippen LogP contribution in [0, 0.1) is 5.92 Å². The van der Waals surface area contributed by atoms with Gasteiger partial charge in [0.1, 0.15) is 12.4 Å². The van der Waals surface area contributed by atoms with Crippen molar-refractivity contribution in [1.82, 2.24) is 9.80 Å². The third-order valence-corrected chi connectivity index (χ3v) is 8.21. The molecule has 0 saturated carbocycles. The summed E-state index contributed by atoms with van der Waals surface area (Å²) < 4.78 is 86.6. The number of methoxy groups -OCH3 is 1. The van der Waals surface area contributed by atoms with Gasteiger partial charge in [0.2, 0.25) is 16.8 Å². The lowest BCUT2D eigenvalue weighted by Gasteiger charge is -2.36. The average molecular weight is 616 g/mol. The van der Waals surface area contributed by atoms with Gasteiger partial charge in [-0.3, -0.25) is 14.3 Å². The van der Waals surface area contributed by atoms with E-state index in [1.165, 1.54) is 24.1 Å². The molecular formula is C27H32F3N3O8S. The first-order valence-corrected chi connectivity index (χ1v) is 14.7. The van der Waals surface area contributed by atoms with Gasteiger partial charge in [-0.25, -0.2) is 8.42 Å². The number of rotatable bonds is 5. The van der Waals surface area contributed by atoms with Crippen molar-refractivity contribution in [2.75, 3.05) is 51.1 Å². The molecule has 2 aliphatic heterocycles. The Bertz CT molecular complexity index is 1440. The predicted molar refractivity (Wildman–Crippen MR) is 145 cm³/mol. The molecule has 2 aromatic rings. The Kier molecular flexibility index (Phi) is 9.11. The van der Waals surface area contributed by atoms with Crippen molar-refractivity contribution in [2.24, 2.45) is 5.92 Å². The number of hydrogen-bond acceptors (Lipinski definition) is 8. The molecule has 15 heteroatoms. The summed E-state index contributed by atoms with van der Waals surface area (Å²) in [5, 5.41) is 0. The van der Waals surface area contributed by atoms with Crippen molar-refractivity contribution in [1.29, 1.82) is 0 Å². The van der Waals surface area contributed by atoms with Crippen molar-refractivity contribution in [3.63, 3.8) is 0 Å². The van der Waals surface area contributed by atoms with Gasteiger partial charge in [0.05, 0.1) is 23.4 Å². The first-order chi connectivity index (χ1) is 19.7. The highest BCUT2D eigenvalue weighted by molar-refractivity contribution is 7.92. The molecule has 2 amide bonds. The Morgan fingerprint density at radius 2 is 1.76 bits per heavy atom. The second-order valence-corrected chi connectivity index (χ2v) is 12.0. The van der Waals surface area contributed by atoms with E-state index in [2.05, 4.69) is 0 Å². The Balaban J connectivity index is 1.67. The molecule has 230 valence electrons. The molecule has 1 N–H and O–H groups in total. The van der Waals surface area contributed by atoms with E-state index in [1.807, 2.05) is 11.6 Å². The summed E-state index contributed by atoms with van der Waals surface area (Å²) in [5.74, 6) is -2.18. The number of likely N-dealkylation sites (N-methyl/N-ethyl adjacent to an activating group) is 1. The molecule has 0 bridgehead atoms. The average Bonchev–Trinajstić information content (AvgIpc) is 3.38. The Labute approximate surface area is 241 Å². The summed E-state index contributed by atoms with van der Waals surface area (Å²) in [6, 6.07) is 7.90. The van der Waals surface area contributed by atoms with E-state index in [1.54, 1.807) is 37.1 Å². The maximum atomic E-state index is 13.8. The number of anilines is 1. The zero-order chi connectivity index (χ0) is 30.8. The maximum absolute atomic E-state index is 13.8. The molecule has 0 aliphatic carbocycles. The lowest BCUT2D eigenvalue weighted by Crippen LogP contribution is -2.48. The number of amides is 2. The van der Waals surface area contributed by atoms with Crippen LogP contribution in [0.5, 0.6) is 17.2 Å². The first-order valence-electron chi connectivity index (χ1n) is 13.0. The van der Waals surface area contributed by atoms with E-state index >= 15 is 0 Å². The SMILES string of the molecule is CO[C@H]1CN(C)C(=O)c2ccc(NS(=O)(=O)CC(F)(F)F)cc2OC[C@@H](C)N(C(=O)c2ccc3c(c2)OCO3)C[C@@H]1C. The van der Waals surface area contributed by atoms with Crippen LogP contribution in [0.4, 0.5) is 18.9 Å². The third kappa shape index (κ3) is 7.37. The third-order valence-electron chi connectivity index (χ3n) is 6.95. The number of carbonyl (C=O) groups excluding carboxylic acids is 2. The van der Waals surface area contributed by atoms with Gasteiger partial charge < -0.3 is 28.7 Å². The number of carbonyl (C=O) groups is 2. The number of alkyl halides is 3. The molecular weight excluding hydrogens is 583 g/mol. The fourth-order valence-corrected chi connectivity index (χ4v) is 5.73. The van der Waals surface area contributed by atoms with Crippen molar-refractivity contribution in [3.05, 3.63) is 47.5 Å². The van der Waals surface area contributed by atoms with E-state index in [4.69, 9.17) is 18.9 Å². The lowest BCUT2D eigenvalue weighted by molar-refractivity contribution is -0.106. The minimum Gasteiger partial charge on any atom is -0.491 e. The Morgan fingerprint density at radius 3 is 2.45 bits per heavy atom. The van der Waals surface area contributed by atoms with Gasteiger partial charge in [-0.1, -0.05) is 6.92 Å². The van der Waals surface area contributed by atoms with E-state index in [0.717, 1.165) is 6.07 Å². The highest BCUT2D eigenvalue weighted by atomic mass is 32.2. The summed E-state index contributed by atoms with van der Waals surface area (Å²) in [6.07, 6.45) is -5.41. The number of sulfonamides is 1.